The van der Waals surface area contributed by atoms with E-state index in [2.05, 4.69) is 67.6 Å². The van der Waals surface area contributed by atoms with Gasteiger partial charge in [0.25, 0.3) is 0 Å². The Kier molecular flexibility index (Phi) is 4.91. The van der Waals surface area contributed by atoms with Gasteiger partial charge in [-0.1, -0.05) is 29.8 Å². The van der Waals surface area contributed by atoms with Crippen molar-refractivity contribution in [3.05, 3.63) is 59.1 Å². The monoisotopic (exact) mass is 288 g/mol. The Balaban J connectivity index is 1.99. The van der Waals surface area contributed by atoms with Crippen LogP contribution in [-0.4, -0.2) is 20.1 Å². The average molecular weight is 289 g/mol. The van der Waals surface area contributed by atoms with Crippen LogP contribution in [0.2, 0.25) is 5.02 Å². The fraction of sp³-hybridized carbons (Fsp3) is 0.294. The summed E-state index contributed by atoms with van der Waals surface area (Å²) in [6.45, 7) is 2.19. The van der Waals surface area contributed by atoms with Crippen molar-refractivity contribution in [3.63, 3.8) is 0 Å². The summed E-state index contributed by atoms with van der Waals surface area (Å²) in [7, 11) is 4.10. The molecule has 2 aromatic rings. The molecule has 1 atom stereocenters. The van der Waals surface area contributed by atoms with Crippen molar-refractivity contribution in [1.82, 2.24) is 0 Å². The summed E-state index contributed by atoms with van der Waals surface area (Å²) in [6, 6.07) is 16.9. The van der Waals surface area contributed by atoms with Gasteiger partial charge in [-0.25, -0.2) is 0 Å². The zero-order chi connectivity index (χ0) is 14.5. The number of nitrogens with zero attached hydrogens (tertiary/aromatic N) is 1. The molecule has 0 bridgehead atoms. The quantitative estimate of drug-likeness (QED) is 0.874. The van der Waals surface area contributed by atoms with Crippen LogP contribution in [0, 0.1) is 0 Å². The van der Waals surface area contributed by atoms with Crippen LogP contribution in [0.5, 0.6) is 0 Å². The standard InChI is InChI=1S/C17H21ClN2/c1-13(11-14-7-9-15(18)10-8-14)19-16-5-4-6-17(12-16)20(2)3/h4-10,12-13,19H,11H2,1-3H3. The fourth-order valence-corrected chi connectivity index (χ4v) is 2.31. The molecule has 0 amide bonds. The van der Waals surface area contributed by atoms with Crippen LogP contribution in [0.1, 0.15) is 12.5 Å². The van der Waals surface area contributed by atoms with E-state index in [0.29, 0.717) is 6.04 Å². The van der Waals surface area contributed by atoms with Crippen molar-refractivity contribution >= 4 is 23.0 Å². The number of hydrogen-bond donors (Lipinski definition) is 1. The lowest BCUT2D eigenvalue weighted by Gasteiger charge is -2.18. The molecule has 20 heavy (non-hydrogen) atoms. The van der Waals surface area contributed by atoms with Gasteiger partial charge in [-0.3, -0.25) is 0 Å². The van der Waals surface area contributed by atoms with E-state index in [1.165, 1.54) is 11.3 Å². The highest BCUT2D eigenvalue weighted by Gasteiger charge is 2.05. The van der Waals surface area contributed by atoms with Crippen LogP contribution in [-0.2, 0) is 6.42 Å². The topological polar surface area (TPSA) is 15.3 Å². The molecule has 0 aliphatic carbocycles. The molecule has 3 heteroatoms. The first-order chi connectivity index (χ1) is 9.54. The molecule has 0 spiro atoms. The molecule has 0 aliphatic heterocycles. The second-order valence-electron chi connectivity index (χ2n) is 5.32. The Morgan fingerprint density at radius 2 is 1.80 bits per heavy atom. The average Bonchev–Trinajstić information content (AvgIpc) is 2.41. The van der Waals surface area contributed by atoms with Crippen LogP contribution in [0.25, 0.3) is 0 Å². The highest BCUT2D eigenvalue weighted by Crippen LogP contribution is 2.19. The van der Waals surface area contributed by atoms with E-state index >= 15 is 0 Å². The fourth-order valence-electron chi connectivity index (χ4n) is 2.18. The zero-order valence-electron chi connectivity index (χ0n) is 12.2. The number of nitrogens with one attached hydrogen (secondary N) is 1. The van der Waals surface area contributed by atoms with E-state index in [9.17, 15) is 0 Å². The summed E-state index contributed by atoms with van der Waals surface area (Å²) < 4.78 is 0. The molecular formula is C17H21ClN2. The van der Waals surface area contributed by atoms with Gasteiger partial charge in [0.15, 0.2) is 0 Å². The minimum absolute atomic E-state index is 0.369. The first-order valence-electron chi connectivity index (χ1n) is 6.83. The molecular weight excluding hydrogens is 268 g/mol. The largest absolute Gasteiger partial charge is 0.382 e. The molecule has 0 saturated carbocycles. The maximum Gasteiger partial charge on any atom is 0.0406 e. The third kappa shape index (κ3) is 4.17. The van der Waals surface area contributed by atoms with Gasteiger partial charge in [0.1, 0.15) is 0 Å². The zero-order valence-corrected chi connectivity index (χ0v) is 13.0. The minimum Gasteiger partial charge on any atom is -0.382 e. The van der Waals surface area contributed by atoms with Gasteiger partial charge in [-0.05, 0) is 49.2 Å². The highest BCUT2D eigenvalue weighted by molar-refractivity contribution is 6.30. The molecule has 0 saturated heterocycles. The Morgan fingerprint density at radius 3 is 2.45 bits per heavy atom. The SMILES string of the molecule is CC(Cc1ccc(Cl)cc1)Nc1cccc(N(C)C)c1. The van der Waals surface area contributed by atoms with Crippen molar-refractivity contribution in [2.24, 2.45) is 0 Å². The third-order valence-corrected chi connectivity index (χ3v) is 3.48. The van der Waals surface area contributed by atoms with Gasteiger partial charge < -0.3 is 10.2 Å². The third-order valence-electron chi connectivity index (χ3n) is 3.23. The molecule has 2 nitrogen and oxygen atoms in total. The summed E-state index contributed by atoms with van der Waals surface area (Å²) in [5.41, 5.74) is 3.64. The lowest BCUT2D eigenvalue weighted by Crippen LogP contribution is -2.18. The van der Waals surface area contributed by atoms with Gasteiger partial charge >= 0.3 is 0 Å². The van der Waals surface area contributed by atoms with Gasteiger partial charge in [0, 0.05) is 36.5 Å². The molecule has 1 N–H and O–H groups in total. The van der Waals surface area contributed by atoms with Gasteiger partial charge in [0.05, 0.1) is 0 Å². The van der Waals surface area contributed by atoms with Crippen LogP contribution in [0.3, 0.4) is 0 Å². The van der Waals surface area contributed by atoms with Crippen molar-refractivity contribution in [2.75, 3.05) is 24.3 Å². The minimum atomic E-state index is 0.369. The van der Waals surface area contributed by atoms with E-state index < -0.39 is 0 Å². The number of rotatable bonds is 5. The Bertz CT molecular complexity index is 549. The number of halogens is 1. The van der Waals surface area contributed by atoms with E-state index in [0.717, 1.165) is 17.1 Å². The van der Waals surface area contributed by atoms with Crippen LogP contribution in [0.15, 0.2) is 48.5 Å². The Hall–Kier alpha value is -1.67. The number of hydrogen-bond acceptors (Lipinski definition) is 2. The predicted molar refractivity (Wildman–Crippen MR) is 89.0 cm³/mol. The van der Waals surface area contributed by atoms with Gasteiger partial charge in [-0.15, -0.1) is 0 Å². The molecule has 0 aromatic heterocycles. The van der Waals surface area contributed by atoms with E-state index in [1.54, 1.807) is 0 Å². The molecule has 0 heterocycles. The molecule has 0 aliphatic rings. The smallest absolute Gasteiger partial charge is 0.0406 e. The van der Waals surface area contributed by atoms with Crippen LogP contribution >= 0.6 is 11.6 Å². The van der Waals surface area contributed by atoms with E-state index in [4.69, 9.17) is 11.6 Å². The molecule has 0 radical (unpaired) electrons. The second-order valence-corrected chi connectivity index (χ2v) is 5.76. The van der Waals surface area contributed by atoms with Gasteiger partial charge in [0.2, 0.25) is 0 Å². The predicted octanol–water partition coefficient (Wildman–Crippen LogP) is 4.45. The maximum atomic E-state index is 5.90. The molecule has 106 valence electrons. The van der Waals surface area contributed by atoms with Crippen molar-refractivity contribution in [1.29, 1.82) is 0 Å². The highest BCUT2D eigenvalue weighted by atomic mass is 35.5. The summed E-state index contributed by atoms with van der Waals surface area (Å²) in [5.74, 6) is 0. The number of benzene rings is 2. The Morgan fingerprint density at radius 1 is 1.10 bits per heavy atom. The molecule has 0 fully saturated rings. The van der Waals surface area contributed by atoms with E-state index in [-0.39, 0.29) is 0 Å². The number of anilines is 2. The first kappa shape index (κ1) is 14.7. The lowest BCUT2D eigenvalue weighted by molar-refractivity contribution is 0.790. The Labute approximate surface area is 126 Å². The normalized spacial score (nSPS) is 12.0. The summed E-state index contributed by atoms with van der Waals surface area (Å²) in [5, 5.41) is 4.33. The molecule has 2 rings (SSSR count). The summed E-state index contributed by atoms with van der Waals surface area (Å²) in [6.07, 6.45) is 0.976. The first-order valence-corrected chi connectivity index (χ1v) is 7.21. The van der Waals surface area contributed by atoms with Crippen LogP contribution in [0.4, 0.5) is 11.4 Å². The van der Waals surface area contributed by atoms with Gasteiger partial charge in [-0.2, -0.15) is 0 Å². The van der Waals surface area contributed by atoms with Crippen molar-refractivity contribution in [2.45, 2.75) is 19.4 Å². The second kappa shape index (κ2) is 6.67. The van der Waals surface area contributed by atoms with Crippen molar-refractivity contribution < 1.29 is 0 Å². The van der Waals surface area contributed by atoms with E-state index in [1.807, 2.05) is 12.1 Å². The molecule has 2 aromatic carbocycles. The van der Waals surface area contributed by atoms with Crippen LogP contribution < -0.4 is 10.2 Å². The molecule has 1 unspecified atom stereocenters. The van der Waals surface area contributed by atoms with Crippen molar-refractivity contribution in [3.8, 4) is 0 Å². The maximum absolute atomic E-state index is 5.90. The lowest BCUT2D eigenvalue weighted by atomic mass is 10.1. The summed E-state index contributed by atoms with van der Waals surface area (Å²) >= 11 is 5.90. The summed E-state index contributed by atoms with van der Waals surface area (Å²) in [4.78, 5) is 2.11.